The van der Waals surface area contributed by atoms with Crippen LogP contribution in [-0.2, 0) is 4.74 Å². The quantitative estimate of drug-likeness (QED) is 0.328. The normalized spacial score (nSPS) is 15.0. The first-order valence-electron chi connectivity index (χ1n) is 10.1. The Kier molecular flexibility index (Phi) is 5.10. The summed E-state index contributed by atoms with van der Waals surface area (Å²) in [5.41, 5.74) is 1.36. The summed E-state index contributed by atoms with van der Waals surface area (Å²) in [6, 6.07) is 9.48. The van der Waals surface area contributed by atoms with Crippen LogP contribution in [0.25, 0.3) is 11.0 Å². The third-order valence-corrected chi connectivity index (χ3v) is 6.45. The molecular formula is C24H17N3O5S. The average Bonchev–Trinajstić information content (AvgIpc) is 3.35. The number of aryl methyl sites for hydroxylation is 1. The SMILES string of the molecule is C=CCOC(=O)c1sc(N2C(=O)c3oc4ccccc4c(=O)c3C2c2ccncc2)nc1C. The van der Waals surface area contributed by atoms with Gasteiger partial charge in [-0.1, -0.05) is 36.1 Å². The zero-order valence-corrected chi connectivity index (χ0v) is 18.3. The number of para-hydroxylation sites is 1. The minimum atomic E-state index is -0.779. The third kappa shape index (κ3) is 3.33. The van der Waals surface area contributed by atoms with Crippen molar-refractivity contribution in [1.82, 2.24) is 9.97 Å². The highest BCUT2D eigenvalue weighted by Gasteiger charge is 2.45. The number of carbonyl (C=O) groups is 2. The van der Waals surface area contributed by atoms with Crippen LogP contribution in [0.4, 0.5) is 5.13 Å². The van der Waals surface area contributed by atoms with E-state index < -0.39 is 17.9 Å². The van der Waals surface area contributed by atoms with Crippen LogP contribution in [0, 0.1) is 6.92 Å². The van der Waals surface area contributed by atoms with E-state index in [1.165, 1.54) is 11.0 Å². The number of ether oxygens (including phenoxy) is 1. The third-order valence-electron chi connectivity index (χ3n) is 5.31. The van der Waals surface area contributed by atoms with E-state index in [2.05, 4.69) is 16.5 Å². The molecule has 4 aromatic rings. The van der Waals surface area contributed by atoms with Gasteiger partial charge in [0.1, 0.15) is 17.1 Å². The molecule has 1 atom stereocenters. The smallest absolute Gasteiger partial charge is 0.350 e. The van der Waals surface area contributed by atoms with Crippen molar-refractivity contribution < 1.29 is 18.7 Å². The van der Waals surface area contributed by atoms with Gasteiger partial charge < -0.3 is 9.15 Å². The van der Waals surface area contributed by atoms with Crippen molar-refractivity contribution in [1.29, 1.82) is 0 Å². The molecule has 33 heavy (non-hydrogen) atoms. The Morgan fingerprint density at radius 3 is 2.76 bits per heavy atom. The molecule has 1 aromatic carbocycles. The first-order valence-corrected chi connectivity index (χ1v) is 10.9. The fourth-order valence-corrected chi connectivity index (χ4v) is 4.84. The van der Waals surface area contributed by atoms with Crippen LogP contribution in [0.3, 0.4) is 0 Å². The Morgan fingerprint density at radius 1 is 1.24 bits per heavy atom. The summed E-state index contributed by atoms with van der Waals surface area (Å²) in [4.78, 5) is 49.6. The number of aromatic nitrogens is 2. The van der Waals surface area contributed by atoms with Crippen LogP contribution in [0.5, 0.6) is 0 Å². The molecule has 1 aliphatic rings. The van der Waals surface area contributed by atoms with Crippen LogP contribution in [-0.4, -0.2) is 28.5 Å². The van der Waals surface area contributed by atoms with Crippen molar-refractivity contribution in [3.63, 3.8) is 0 Å². The molecule has 1 amide bonds. The van der Waals surface area contributed by atoms with E-state index in [0.29, 0.717) is 22.2 Å². The van der Waals surface area contributed by atoms with E-state index in [0.717, 1.165) is 11.3 Å². The predicted molar refractivity (Wildman–Crippen MR) is 123 cm³/mol. The zero-order valence-electron chi connectivity index (χ0n) is 17.5. The number of nitrogens with zero attached hydrogens (tertiary/aromatic N) is 3. The number of rotatable bonds is 5. The van der Waals surface area contributed by atoms with Crippen molar-refractivity contribution in [2.75, 3.05) is 11.5 Å². The summed E-state index contributed by atoms with van der Waals surface area (Å²) in [5, 5.41) is 0.647. The number of benzene rings is 1. The molecule has 9 heteroatoms. The zero-order chi connectivity index (χ0) is 23.1. The number of thiazole rings is 1. The molecule has 0 fully saturated rings. The summed E-state index contributed by atoms with van der Waals surface area (Å²) < 4.78 is 11.0. The highest BCUT2D eigenvalue weighted by molar-refractivity contribution is 7.17. The number of anilines is 1. The molecule has 1 aliphatic heterocycles. The Labute approximate surface area is 191 Å². The molecule has 0 spiro atoms. The number of amides is 1. The van der Waals surface area contributed by atoms with Gasteiger partial charge >= 0.3 is 5.97 Å². The average molecular weight is 459 g/mol. The molecule has 8 nitrogen and oxygen atoms in total. The highest BCUT2D eigenvalue weighted by atomic mass is 32.1. The summed E-state index contributed by atoms with van der Waals surface area (Å²) >= 11 is 1.02. The lowest BCUT2D eigenvalue weighted by Gasteiger charge is -2.22. The number of hydrogen-bond acceptors (Lipinski definition) is 8. The van der Waals surface area contributed by atoms with E-state index in [4.69, 9.17) is 9.15 Å². The van der Waals surface area contributed by atoms with Crippen LogP contribution in [0.2, 0.25) is 0 Å². The summed E-state index contributed by atoms with van der Waals surface area (Å²) in [6.45, 7) is 5.26. The summed E-state index contributed by atoms with van der Waals surface area (Å²) in [7, 11) is 0. The molecule has 0 saturated heterocycles. The minimum Gasteiger partial charge on any atom is -0.457 e. The number of pyridine rings is 1. The lowest BCUT2D eigenvalue weighted by atomic mass is 10.00. The Balaban J connectivity index is 1.70. The van der Waals surface area contributed by atoms with Gasteiger partial charge in [-0.15, -0.1) is 0 Å². The van der Waals surface area contributed by atoms with Gasteiger partial charge in [-0.3, -0.25) is 19.5 Å². The molecule has 3 aromatic heterocycles. The van der Waals surface area contributed by atoms with Crippen molar-refractivity contribution in [2.45, 2.75) is 13.0 Å². The van der Waals surface area contributed by atoms with E-state index in [1.54, 1.807) is 55.7 Å². The number of fused-ring (bicyclic) bond motifs is 2. The molecule has 0 radical (unpaired) electrons. The molecule has 4 heterocycles. The van der Waals surface area contributed by atoms with E-state index in [1.807, 2.05) is 0 Å². The van der Waals surface area contributed by atoms with Gasteiger partial charge in [-0.2, -0.15) is 0 Å². The fraction of sp³-hybridized carbons (Fsp3) is 0.125. The number of esters is 1. The maximum Gasteiger partial charge on any atom is 0.350 e. The molecule has 0 bridgehead atoms. The van der Waals surface area contributed by atoms with Crippen molar-refractivity contribution >= 4 is 39.3 Å². The molecule has 164 valence electrons. The Bertz CT molecular complexity index is 1470. The molecule has 0 saturated carbocycles. The first-order chi connectivity index (χ1) is 16.0. The molecule has 0 N–H and O–H groups in total. The Hall–Kier alpha value is -4.11. The second-order valence-electron chi connectivity index (χ2n) is 7.33. The second-order valence-corrected chi connectivity index (χ2v) is 8.30. The fourth-order valence-electron chi connectivity index (χ4n) is 3.85. The van der Waals surface area contributed by atoms with Gasteiger partial charge in [0, 0.05) is 12.4 Å². The largest absolute Gasteiger partial charge is 0.457 e. The second kappa shape index (κ2) is 8.10. The number of carbonyl (C=O) groups excluding carboxylic acids is 2. The lowest BCUT2D eigenvalue weighted by molar-refractivity contribution is 0.0554. The van der Waals surface area contributed by atoms with Gasteiger partial charge in [-0.05, 0) is 36.8 Å². The van der Waals surface area contributed by atoms with Crippen LogP contribution >= 0.6 is 11.3 Å². The minimum absolute atomic E-state index is 0.0378. The van der Waals surface area contributed by atoms with Crippen LogP contribution in [0.15, 0.2) is 70.7 Å². The molecule has 1 unspecified atom stereocenters. The van der Waals surface area contributed by atoms with Gasteiger partial charge in [0.05, 0.1) is 22.7 Å². The van der Waals surface area contributed by atoms with E-state index in [9.17, 15) is 14.4 Å². The topological polar surface area (TPSA) is 103 Å². The number of hydrogen-bond donors (Lipinski definition) is 0. The predicted octanol–water partition coefficient (Wildman–Crippen LogP) is 4.05. The summed E-state index contributed by atoms with van der Waals surface area (Å²) in [5.74, 6) is -1.10. The lowest BCUT2D eigenvalue weighted by Crippen LogP contribution is -2.29. The van der Waals surface area contributed by atoms with Crippen molar-refractivity contribution in [2.24, 2.45) is 0 Å². The standard InChI is InChI=1S/C24H17N3O5S/c1-3-12-31-23(30)21-13(2)26-24(33-21)27-18(14-8-10-25-11-9-14)17-19(28)15-6-4-5-7-16(15)32-20(17)22(27)29/h3-11,18H,1,12H2,2H3. The molecular weight excluding hydrogens is 442 g/mol. The summed E-state index contributed by atoms with van der Waals surface area (Å²) in [6.07, 6.45) is 4.64. The van der Waals surface area contributed by atoms with Crippen LogP contribution < -0.4 is 10.3 Å². The Morgan fingerprint density at radius 2 is 2.00 bits per heavy atom. The van der Waals surface area contributed by atoms with E-state index in [-0.39, 0.29) is 33.4 Å². The van der Waals surface area contributed by atoms with Crippen LogP contribution in [0.1, 0.15) is 43.1 Å². The maximum atomic E-state index is 13.6. The van der Waals surface area contributed by atoms with Gasteiger partial charge in [0.2, 0.25) is 5.76 Å². The van der Waals surface area contributed by atoms with Crippen molar-refractivity contribution in [3.05, 3.63) is 99.1 Å². The molecule has 5 rings (SSSR count). The van der Waals surface area contributed by atoms with Gasteiger partial charge in [0.15, 0.2) is 10.6 Å². The molecule has 0 aliphatic carbocycles. The monoisotopic (exact) mass is 459 g/mol. The van der Waals surface area contributed by atoms with E-state index >= 15 is 0 Å². The maximum absolute atomic E-state index is 13.6. The highest BCUT2D eigenvalue weighted by Crippen LogP contribution is 2.43. The van der Waals surface area contributed by atoms with Gasteiger partial charge in [-0.25, -0.2) is 9.78 Å². The van der Waals surface area contributed by atoms with Crippen molar-refractivity contribution in [3.8, 4) is 0 Å². The van der Waals surface area contributed by atoms with Gasteiger partial charge in [0.25, 0.3) is 5.91 Å². The first kappa shape index (κ1) is 20.8.